The van der Waals surface area contributed by atoms with Gasteiger partial charge in [-0.05, 0) is 32.6 Å². The third-order valence-corrected chi connectivity index (χ3v) is 7.32. The largest absolute Gasteiger partial charge is 0.465 e. The molecule has 13 heteroatoms. The Morgan fingerprint density at radius 1 is 1.00 bits per heavy atom. The molecule has 6 atom stereocenters. The molecule has 4 amide bonds. The van der Waals surface area contributed by atoms with Crippen molar-refractivity contribution in [2.24, 2.45) is 0 Å². The number of alkyl carbamates (subject to hydrolysis) is 1. The zero-order valence-electron chi connectivity index (χ0n) is 26.6. The van der Waals surface area contributed by atoms with Gasteiger partial charge >= 0.3 is 18.0 Å². The number of amides is 4. The highest BCUT2D eigenvalue weighted by atomic mass is 16.7. The Morgan fingerprint density at radius 3 is 2.52 bits per heavy atom. The van der Waals surface area contributed by atoms with Crippen molar-refractivity contribution in [2.45, 2.75) is 115 Å². The second kappa shape index (κ2) is 18.8. The van der Waals surface area contributed by atoms with Crippen LogP contribution in [0.3, 0.4) is 0 Å². The second-order valence-electron chi connectivity index (χ2n) is 11.4. The number of hydrogen-bond donors (Lipinski definition) is 2. The Kier molecular flexibility index (Phi) is 14.8. The maximum Gasteiger partial charge on any atom is 0.414 e. The summed E-state index contributed by atoms with van der Waals surface area (Å²) in [5.41, 5.74) is 0.691. The molecule has 2 fully saturated rings. The third-order valence-electron chi connectivity index (χ3n) is 7.32. The first kappa shape index (κ1) is 36.4. The first-order chi connectivity index (χ1) is 22.1. The Balaban J connectivity index is 1.68. The summed E-state index contributed by atoms with van der Waals surface area (Å²) < 4.78 is 28.2. The molecule has 2 N–H and O–H groups in total. The fourth-order valence-corrected chi connectivity index (χ4v) is 4.90. The number of imide groups is 2. The second-order valence-corrected chi connectivity index (χ2v) is 11.4. The molecule has 6 unspecified atom stereocenters. The highest BCUT2D eigenvalue weighted by Gasteiger charge is 2.58. The molecular weight excluding hydrogens is 600 g/mol. The van der Waals surface area contributed by atoms with Gasteiger partial charge in [0.1, 0.15) is 18.3 Å². The molecule has 0 radical (unpaired) electrons. The molecule has 0 spiro atoms. The van der Waals surface area contributed by atoms with Gasteiger partial charge in [-0.15, -0.1) is 0 Å². The molecule has 0 aliphatic carbocycles. The number of nitrogens with one attached hydrogen (secondary N) is 2. The molecule has 2 saturated heterocycles. The van der Waals surface area contributed by atoms with Crippen LogP contribution in [0.25, 0.3) is 0 Å². The van der Waals surface area contributed by atoms with Gasteiger partial charge in [0.05, 0.1) is 12.7 Å². The Bertz CT molecular complexity index is 1240. The van der Waals surface area contributed by atoms with E-state index in [9.17, 15) is 28.8 Å². The van der Waals surface area contributed by atoms with Crippen LogP contribution < -0.4 is 10.6 Å². The molecule has 13 nitrogen and oxygen atoms in total. The number of carbonyl (C=O) groups excluding carboxylic acids is 6. The smallest absolute Gasteiger partial charge is 0.414 e. The average Bonchev–Trinajstić information content (AvgIpc) is 3.91. The number of esters is 2. The highest BCUT2D eigenvalue weighted by Crippen LogP contribution is 2.39. The van der Waals surface area contributed by atoms with E-state index in [-0.39, 0.29) is 12.6 Å². The molecule has 0 aromatic carbocycles. The Hall–Kier alpha value is -4.10. The summed E-state index contributed by atoms with van der Waals surface area (Å²) in [7, 11) is 0. The minimum atomic E-state index is -1.14. The van der Waals surface area contributed by atoms with Crippen molar-refractivity contribution in [1.82, 2.24) is 10.6 Å². The maximum absolute atomic E-state index is 12.8. The number of allylic oxidation sites excluding steroid dienone is 3. The van der Waals surface area contributed by atoms with Crippen molar-refractivity contribution < 1.29 is 52.5 Å². The van der Waals surface area contributed by atoms with E-state index < -0.39 is 66.4 Å². The van der Waals surface area contributed by atoms with E-state index in [1.54, 1.807) is 19.1 Å². The Morgan fingerprint density at radius 2 is 1.76 bits per heavy atom. The lowest BCUT2D eigenvalue weighted by molar-refractivity contribution is -0.152. The summed E-state index contributed by atoms with van der Waals surface area (Å²) in [6.45, 7) is 5.24. The molecule has 3 heterocycles. The topological polar surface area (TPSA) is 179 Å². The van der Waals surface area contributed by atoms with E-state index >= 15 is 0 Å². The van der Waals surface area contributed by atoms with E-state index in [2.05, 4.69) is 17.6 Å². The standard InChI is InChI=1S/C33H44N2O11/c1-4-5-6-7-8-15-27(39)42-19-12-11-13-23-29(43-23)31-32(46-33(41)34-22(3)36)30-24(44-30)18-17-21(2)20-26(38)35-25(37)14-9-10-16-28(40)45-31/h9-11,13-14,16,20,23-24,29-32H,4-8,12,15,17-19H2,1-3H3,(H,34,36,41)(H,35,37,38)/b13-11+,14-9+,16-10-,21-20-. The van der Waals surface area contributed by atoms with E-state index in [1.807, 2.05) is 0 Å². The molecule has 252 valence electrons. The van der Waals surface area contributed by atoms with Crippen LogP contribution in [0.5, 0.6) is 0 Å². The van der Waals surface area contributed by atoms with Gasteiger partial charge in [-0.1, -0.05) is 62.5 Å². The van der Waals surface area contributed by atoms with Crippen LogP contribution in [-0.4, -0.2) is 79.0 Å². The zero-order chi connectivity index (χ0) is 33.5. The first-order valence-corrected chi connectivity index (χ1v) is 15.8. The lowest BCUT2D eigenvalue weighted by Gasteiger charge is -2.24. The van der Waals surface area contributed by atoms with Gasteiger partial charge in [-0.3, -0.25) is 29.8 Å². The van der Waals surface area contributed by atoms with Crippen LogP contribution in [0.1, 0.15) is 78.6 Å². The monoisotopic (exact) mass is 644 g/mol. The number of hydrogen-bond acceptors (Lipinski definition) is 11. The molecule has 0 saturated carbocycles. The lowest BCUT2D eigenvalue weighted by Crippen LogP contribution is -2.46. The van der Waals surface area contributed by atoms with Crippen molar-refractivity contribution in [3.05, 3.63) is 48.1 Å². The number of carbonyl (C=O) groups is 6. The molecule has 3 aliphatic rings. The summed E-state index contributed by atoms with van der Waals surface area (Å²) in [6.07, 6.45) is 10.9. The summed E-state index contributed by atoms with van der Waals surface area (Å²) in [5, 5.41) is 4.25. The van der Waals surface area contributed by atoms with Crippen molar-refractivity contribution >= 4 is 35.8 Å². The van der Waals surface area contributed by atoms with Gasteiger partial charge in [0.25, 0.3) is 11.8 Å². The highest BCUT2D eigenvalue weighted by molar-refractivity contribution is 6.05. The lowest BCUT2D eigenvalue weighted by atomic mass is 10.00. The van der Waals surface area contributed by atoms with Crippen molar-refractivity contribution in [3.63, 3.8) is 0 Å². The number of fused-ring (bicyclic) bond motifs is 1. The predicted octanol–water partition coefficient (Wildman–Crippen LogP) is 3.42. The molecule has 3 rings (SSSR count). The normalized spacial score (nSPS) is 29.2. The third kappa shape index (κ3) is 13.5. The van der Waals surface area contributed by atoms with Crippen LogP contribution in [-0.2, 0) is 47.7 Å². The van der Waals surface area contributed by atoms with Crippen LogP contribution >= 0.6 is 0 Å². The van der Waals surface area contributed by atoms with Crippen LogP contribution in [0.2, 0.25) is 0 Å². The summed E-state index contributed by atoms with van der Waals surface area (Å²) in [6, 6.07) is 0. The van der Waals surface area contributed by atoms with E-state index in [0.717, 1.165) is 51.2 Å². The molecule has 0 bridgehead atoms. The number of rotatable bonds is 12. The zero-order valence-corrected chi connectivity index (χ0v) is 26.6. The van der Waals surface area contributed by atoms with Crippen molar-refractivity contribution in [1.29, 1.82) is 0 Å². The average molecular weight is 645 g/mol. The van der Waals surface area contributed by atoms with Crippen molar-refractivity contribution in [3.8, 4) is 0 Å². The van der Waals surface area contributed by atoms with Gasteiger partial charge in [0.2, 0.25) is 5.91 Å². The number of cyclic esters (lactones) is 1. The SMILES string of the molecule is CCCCCCCC(=O)OCC/C=C/C1OC1C1OC(=O)/C=C\C=C\C(=O)NC(=O)/C=C(/C)CCC2OC2C1OC(=O)NC(C)=O. The fourth-order valence-electron chi connectivity index (χ4n) is 4.90. The summed E-state index contributed by atoms with van der Waals surface area (Å²) in [5.74, 6) is -2.94. The van der Waals surface area contributed by atoms with Crippen LogP contribution in [0.15, 0.2) is 48.1 Å². The molecule has 3 aliphatic heterocycles. The molecule has 46 heavy (non-hydrogen) atoms. The summed E-state index contributed by atoms with van der Waals surface area (Å²) >= 11 is 0. The van der Waals surface area contributed by atoms with Gasteiger partial charge in [0.15, 0.2) is 12.2 Å². The van der Waals surface area contributed by atoms with Gasteiger partial charge < -0.3 is 23.7 Å². The van der Waals surface area contributed by atoms with E-state index in [4.69, 9.17) is 23.7 Å². The maximum atomic E-state index is 12.8. The van der Waals surface area contributed by atoms with Crippen molar-refractivity contribution in [2.75, 3.05) is 6.61 Å². The minimum absolute atomic E-state index is 0.213. The van der Waals surface area contributed by atoms with Gasteiger partial charge in [0, 0.05) is 31.6 Å². The summed E-state index contributed by atoms with van der Waals surface area (Å²) in [4.78, 5) is 72.9. The number of epoxide rings is 2. The first-order valence-electron chi connectivity index (χ1n) is 15.8. The van der Waals surface area contributed by atoms with Gasteiger partial charge in [-0.2, -0.15) is 0 Å². The van der Waals surface area contributed by atoms with Gasteiger partial charge in [-0.25, -0.2) is 9.59 Å². The molecule has 0 aromatic rings. The van der Waals surface area contributed by atoms with E-state index in [0.29, 0.717) is 31.3 Å². The number of unbranched alkanes of at least 4 members (excludes halogenated alkanes) is 4. The predicted molar refractivity (Wildman–Crippen MR) is 164 cm³/mol. The van der Waals surface area contributed by atoms with E-state index in [1.165, 1.54) is 18.2 Å². The minimum Gasteiger partial charge on any atom is -0.465 e. The number of ether oxygens (including phenoxy) is 5. The molecule has 0 aromatic heterocycles. The van der Waals surface area contributed by atoms with Crippen LogP contribution in [0.4, 0.5) is 4.79 Å². The molecular formula is C33H44N2O11. The Labute approximate surface area is 268 Å². The quantitative estimate of drug-likeness (QED) is 0.0794. The van der Waals surface area contributed by atoms with Crippen LogP contribution in [0, 0.1) is 0 Å². The fraction of sp³-hybridized carbons (Fsp3) is 0.576.